The normalized spacial score (nSPS) is 24.0. The number of rotatable bonds is 2. The van der Waals surface area contributed by atoms with E-state index in [4.69, 9.17) is 4.52 Å². The number of aromatic nitrogens is 1. The summed E-state index contributed by atoms with van der Waals surface area (Å²) in [7, 11) is 0. The molecular formula is C12H16N2O4. The fraction of sp³-hybridized carbons (Fsp3) is 0.583. The van der Waals surface area contributed by atoms with E-state index in [-0.39, 0.29) is 18.1 Å². The number of carboxylic acid groups (broad SMARTS) is 1. The zero-order valence-electron chi connectivity index (χ0n) is 10.5. The molecule has 0 saturated carbocycles. The van der Waals surface area contributed by atoms with Gasteiger partial charge < -0.3 is 14.5 Å². The Morgan fingerprint density at radius 2 is 2.28 bits per heavy atom. The molecule has 1 N–H and O–H groups in total. The summed E-state index contributed by atoms with van der Waals surface area (Å²) in [6.07, 6.45) is 1.27. The Bertz CT molecular complexity index is 482. The number of carbonyl (C=O) groups excluding carboxylic acids is 1. The molecule has 1 saturated heterocycles. The molecule has 0 bridgehead atoms. The van der Waals surface area contributed by atoms with Crippen LogP contribution in [-0.2, 0) is 4.79 Å². The van der Waals surface area contributed by atoms with Crippen LogP contribution in [0.5, 0.6) is 0 Å². The SMILES string of the molecule is Cc1cc(C(=O)N2CCCC(C)(C(=O)O)C2)no1. The molecule has 18 heavy (non-hydrogen) atoms. The molecule has 0 spiro atoms. The fourth-order valence-corrected chi connectivity index (χ4v) is 2.22. The molecule has 1 aliphatic rings. The molecule has 0 aliphatic carbocycles. The molecule has 2 heterocycles. The number of likely N-dealkylation sites (tertiary alicyclic amines) is 1. The Kier molecular flexibility index (Phi) is 3.11. The quantitative estimate of drug-likeness (QED) is 0.857. The molecule has 6 nitrogen and oxygen atoms in total. The largest absolute Gasteiger partial charge is 0.481 e. The third-order valence-corrected chi connectivity index (χ3v) is 3.35. The van der Waals surface area contributed by atoms with E-state index in [1.54, 1.807) is 19.9 Å². The van der Waals surface area contributed by atoms with Gasteiger partial charge in [0.25, 0.3) is 5.91 Å². The number of aryl methyl sites for hydroxylation is 1. The van der Waals surface area contributed by atoms with Crippen molar-refractivity contribution < 1.29 is 19.2 Å². The standard InChI is InChI=1S/C12H16N2O4/c1-8-6-9(13-18-8)10(15)14-5-3-4-12(2,7-14)11(16)17/h6H,3-5,7H2,1-2H3,(H,16,17). The summed E-state index contributed by atoms with van der Waals surface area (Å²) in [5, 5.41) is 12.9. The summed E-state index contributed by atoms with van der Waals surface area (Å²) < 4.78 is 4.86. The molecule has 2 rings (SSSR count). The summed E-state index contributed by atoms with van der Waals surface area (Å²) in [6, 6.07) is 1.56. The van der Waals surface area contributed by atoms with Gasteiger partial charge >= 0.3 is 5.97 Å². The highest BCUT2D eigenvalue weighted by Crippen LogP contribution is 2.30. The molecule has 1 aliphatic heterocycles. The van der Waals surface area contributed by atoms with Crippen LogP contribution < -0.4 is 0 Å². The first-order valence-corrected chi connectivity index (χ1v) is 5.88. The third-order valence-electron chi connectivity index (χ3n) is 3.35. The Hall–Kier alpha value is -1.85. The van der Waals surface area contributed by atoms with E-state index in [0.29, 0.717) is 25.1 Å². The summed E-state index contributed by atoms with van der Waals surface area (Å²) in [4.78, 5) is 24.9. The number of carbonyl (C=O) groups is 2. The Labute approximate surface area is 105 Å². The minimum atomic E-state index is -0.868. The highest BCUT2D eigenvalue weighted by Gasteiger charge is 2.39. The number of nitrogens with zero attached hydrogens (tertiary/aromatic N) is 2. The topological polar surface area (TPSA) is 83.6 Å². The molecule has 0 radical (unpaired) electrons. The van der Waals surface area contributed by atoms with Crippen LogP contribution in [0.25, 0.3) is 0 Å². The van der Waals surface area contributed by atoms with Crippen LogP contribution in [0, 0.1) is 12.3 Å². The minimum absolute atomic E-state index is 0.215. The number of amides is 1. The number of aliphatic carboxylic acids is 1. The average molecular weight is 252 g/mol. The van der Waals surface area contributed by atoms with Gasteiger partial charge in [-0.25, -0.2) is 0 Å². The van der Waals surface area contributed by atoms with Gasteiger partial charge in [-0.15, -0.1) is 0 Å². The van der Waals surface area contributed by atoms with Crippen molar-refractivity contribution in [2.45, 2.75) is 26.7 Å². The minimum Gasteiger partial charge on any atom is -0.481 e. The second-order valence-electron chi connectivity index (χ2n) is 5.02. The number of hydrogen-bond acceptors (Lipinski definition) is 4. The first kappa shape index (κ1) is 12.6. The summed E-state index contributed by atoms with van der Waals surface area (Å²) in [5.41, 5.74) is -0.630. The second-order valence-corrected chi connectivity index (χ2v) is 5.02. The summed E-state index contributed by atoms with van der Waals surface area (Å²) in [5.74, 6) is -0.563. The van der Waals surface area contributed by atoms with E-state index in [0.717, 1.165) is 0 Å². The van der Waals surface area contributed by atoms with Crippen molar-refractivity contribution >= 4 is 11.9 Å². The first-order chi connectivity index (χ1) is 8.42. The van der Waals surface area contributed by atoms with Gasteiger partial charge in [-0.1, -0.05) is 5.16 Å². The van der Waals surface area contributed by atoms with Crippen molar-refractivity contribution in [3.8, 4) is 0 Å². The molecule has 1 fully saturated rings. The molecule has 1 aromatic heterocycles. The van der Waals surface area contributed by atoms with Gasteiger partial charge in [0.1, 0.15) is 5.76 Å². The lowest BCUT2D eigenvalue weighted by Gasteiger charge is -2.37. The van der Waals surface area contributed by atoms with Crippen LogP contribution in [0.2, 0.25) is 0 Å². The van der Waals surface area contributed by atoms with Crippen LogP contribution in [-0.4, -0.2) is 40.1 Å². The van der Waals surface area contributed by atoms with E-state index >= 15 is 0 Å². The van der Waals surface area contributed by atoms with Crippen molar-refractivity contribution in [1.82, 2.24) is 10.1 Å². The van der Waals surface area contributed by atoms with Crippen molar-refractivity contribution in [1.29, 1.82) is 0 Å². The lowest BCUT2D eigenvalue weighted by atomic mass is 9.82. The van der Waals surface area contributed by atoms with Gasteiger partial charge in [-0.2, -0.15) is 0 Å². The molecule has 6 heteroatoms. The summed E-state index contributed by atoms with van der Waals surface area (Å²) in [6.45, 7) is 4.16. The van der Waals surface area contributed by atoms with Gasteiger partial charge in [0, 0.05) is 19.2 Å². The Balaban J connectivity index is 2.14. The smallest absolute Gasteiger partial charge is 0.311 e. The average Bonchev–Trinajstić information content (AvgIpc) is 2.75. The lowest BCUT2D eigenvalue weighted by molar-refractivity contribution is -0.150. The molecule has 0 aromatic carbocycles. The first-order valence-electron chi connectivity index (χ1n) is 5.88. The highest BCUT2D eigenvalue weighted by molar-refractivity contribution is 5.92. The van der Waals surface area contributed by atoms with Crippen molar-refractivity contribution in [2.75, 3.05) is 13.1 Å². The van der Waals surface area contributed by atoms with Crippen LogP contribution in [0.4, 0.5) is 0 Å². The molecule has 98 valence electrons. The van der Waals surface area contributed by atoms with Crippen molar-refractivity contribution in [3.05, 3.63) is 17.5 Å². The Morgan fingerprint density at radius 1 is 1.56 bits per heavy atom. The van der Waals surface area contributed by atoms with E-state index < -0.39 is 11.4 Å². The van der Waals surface area contributed by atoms with Crippen molar-refractivity contribution in [3.63, 3.8) is 0 Å². The van der Waals surface area contributed by atoms with Crippen molar-refractivity contribution in [2.24, 2.45) is 5.41 Å². The Morgan fingerprint density at radius 3 is 2.83 bits per heavy atom. The lowest BCUT2D eigenvalue weighted by Crippen LogP contribution is -2.48. The molecule has 1 atom stereocenters. The van der Waals surface area contributed by atoms with Crippen LogP contribution in [0.1, 0.15) is 36.0 Å². The zero-order chi connectivity index (χ0) is 13.3. The van der Waals surface area contributed by atoms with Gasteiger partial charge in [0.15, 0.2) is 5.69 Å². The third kappa shape index (κ3) is 2.23. The van der Waals surface area contributed by atoms with Gasteiger partial charge in [-0.05, 0) is 26.7 Å². The van der Waals surface area contributed by atoms with E-state index in [2.05, 4.69) is 5.16 Å². The predicted octanol–water partition coefficient (Wildman–Crippen LogP) is 1.31. The molecule has 1 amide bonds. The zero-order valence-corrected chi connectivity index (χ0v) is 10.5. The predicted molar refractivity (Wildman–Crippen MR) is 62.1 cm³/mol. The van der Waals surface area contributed by atoms with Crippen LogP contribution >= 0.6 is 0 Å². The maximum atomic E-state index is 12.1. The van der Waals surface area contributed by atoms with E-state index in [1.807, 2.05) is 0 Å². The number of hydrogen-bond donors (Lipinski definition) is 1. The second kappa shape index (κ2) is 4.44. The van der Waals surface area contributed by atoms with Crippen LogP contribution in [0.15, 0.2) is 10.6 Å². The maximum absolute atomic E-state index is 12.1. The summed E-state index contributed by atoms with van der Waals surface area (Å²) >= 11 is 0. The van der Waals surface area contributed by atoms with Crippen LogP contribution in [0.3, 0.4) is 0 Å². The number of piperidine rings is 1. The van der Waals surface area contributed by atoms with E-state index in [1.165, 1.54) is 4.90 Å². The monoisotopic (exact) mass is 252 g/mol. The molecule has 1 unspecified atom stereocenters. The molecule has 1 aromatic rings. The molecular weight excluding hydrogens is 236 g/mol. The van der Waals surface area contributed by atoms with Gasteiger partial charge in [0.2, 0.25) is 0 Å². The highest BCUT2D eigenvalue weighted by atomic mass is 16.5. The fourth-order valence-electron chi connectivity index (χ4n) is 2.22. The van der Waals surface area contributed by atoms with Gasteiger partial charge in [-0.3, -0.25) is 9.59 Å². The number of carboxylic acids is 1. The van der Waals surface area contributed by atoms with E-state index in [9.17, 15) is 14.7 Å². The maximum Gasteiger partial charge on any atom is 0.311 e. The van der Waals surface area contributed by atoms with Gasteiger partial charge in [0.05, 0.1) is 5.41 Å².